The van der Waals surface area contributed by atoms with Gasteiger partial charge in [0, 0.05) is 11.0 Å². The van der Waals surface area contributed by atoms with E-state index in [4.69, 9.17) is 9.47 Å². The Morgan fingerprint density at radius 3 is 3.08 bits per heavy atom. The van der Waals surface area contributed by atoms with Crippen molar-refractivity contribution in [3.63, 3.8) is 0 Å². The van der Waals surface area contributed by atoms with E-state index in [2.05, 4.69) is 18.3 Å². The zero-order valence-corrected chi connectivity index (χ0v) is 15.2. The number of hydrogen-bond acceptors (Lipinski definition) is 5. The van der Waals surface area contributed by atoms with E-state index >= 15 is 0 Å². The van der Waals surface area contributed by atoms with E-state index in [9.17, 15) is 10.1 Å². The van der Waals surface area contributed by atoms with Gasteiger partial charge in [0.05, 0.1) is 5.56 Å². The SMILES string of the molecule is CC1CCc2c(sc(NC(=O)C=Cc3ccc4c(c3)OCO4)c2C#N)C1. The van der Waals surface area contributed by atoms with Crippen molar-refractivity contribution in [2.75, 3.05) is 12.1 Å². The van der Waals surface area contributed by atoms with Crippen LogP contribution in [0.4, 0.5) is 5.00 Å². The summed E-state index contributed by atoms with van der Waals surface area (Å²) in [7, 11) is 0. The Morgan fingerprint density at radius 1 is 1.38 bits per heavy atom. The van der Waals surface area contributed by atoms with Crippen LogP contribution in [-0.2, 0) is 17.6 Å². The Hall–Kier alpha value is -2.78. The minimum atomic E-state index is -0.245. The molecule has 0 saturated carbocycles. The Kier molecular flexibility index (Phi) is 4.39. The third-order valence-corrected chi connectivity index (χ3v) is 5.85. The van der Waals surface area contributed by atoms with Gasteiger partial charge in [-0.05, 0) is 54.5 Å². The Morgan fingerprint density at radius 2 is 2.23 bits per heavy atom. The van der Waals surface area contributed by atoms with E-state index in [1.807, 2.05) is 18.2 Å². The second-order valence-electron chi connectivity index (χ2n) is 6.60. The second kappa shape index (κ2) is 6.85. The lowest BCUT2D eigenvalue weighted by Gasteiger charge is -2.17. The van der Waals surface area contributed by atoms with E-state index in [1.165, 1.54) is 22.3 Å². The molecule has 1 aromatic heterocycles. The van der Waals surface area contributed by atoms with Gasteiger partial charge >= 0.3 is 0 Å². The molecule has 1 N–H and O–H groups in total. The van der Waals surface area contributed by atoms with E-state index in [-0.39, 0.29) is 12.7 Å². The monoisotopic (exact) mass is 366 g/mol. The average Bonchev–Trinajstić information content (AvgIpc) is 3.22. The van der Waals surface area contributed by atoms with E-state index in [0.717, 1.165) is 30.4 Å². The van der Waals surface area contributed by atoms with Gasteiger partial charge in [0.2, 0.25) is 12.7 Å². The summed E-state index contributed by atoms with van der Waals surface area (Å²) in [6.45, 7) is 2.45. The molecule has 0 radical (unpaired) electrons. The van der Waals surface area contributed by atoms with Crippen molar-refractivity contribution in [1.82, 2.24) is 0 Å². The topological polar surface area (TPSA) is 71.3 Å². The summed E-state index contributed by atoms with van der Waals surface area (Å²) in [6, 6.07) is 7.78. The zero-order chi connectivity index (χ0) is 18.1. The van der Waals surface area contributed by atoms with Crippen LogP contribution in [0.25, 0.3) is 6.08 Å². The summed E-state index contributed by atoms with van der Waals surface area (Å²) >= 11 is 1.53. The third kappa shape index (κ3) is 3.18. The number of benzene rings is 1. The summed E-state index contributed by atoms with van der Waals surface area (Å²) < 4.78 is 10.6. The van der Waals surface area contributed by atoms with Gasteiger partial charge in [-0.25, -0.2) is 0 Å². The van der Waals surface area contributed by atoms with Crippen LogP contribution >= 0.6 is 11.3 Å². The summed E-state index contributed by atoms with van der Waals surface area (Å²) in [5.41, 5.74) is 2.59. The molecule has 2 heterocycles. The summed E-state index contributed by atoms with van der Waals surface area (Å²) in [6.07, 6.45) is 6.19. The van der Waals surface area contributed by atoms with Crippen molar-refractivity contribution < 1.29 is 14.3 Å². The van der Waals surface area contributed by atoms with Crippen molar-refractivity contribution in [2.45, 2.75) is 26.2 Å². The molecule has 0 saturated heterocycles. The van der Waals surface area contributed by atoms with Crippen LogP contribution in [0.15, 0.2) is 24.3 Å². The highest BCUT2D eigenvalue weighted by atomic mass is 32.1. The van der Waals surface area contributed by atoms with Crippen LogP contribution in [0.2, 0.25) is 0 Å². The molecule has 0 bridgehead atoms. The molecule has 1 aromatic carbocycles. The number of thiophene rings is 1. The fourth-order valence-electron chi connectivity index (χ4n) is 3.30. The molecule has 5 nitrogen and oxygen atoms in total. The number of nitrogens with one attached hydrogen (secondary N) is 1. The van der Waals surface area contributed by atoms with Gasteiger partial charge in [-0.15, -0.1) is 11.3 Å². The maximum Gasteiger partial charge on any atom is 0.249 e. The number of carbonyl (C=O) groups excluding carboxylic acids is 1. The number of rotatable bonds is 3. The number of nitrogens with zero attached hydrogens (tertiary/aromatic N) is 1. The number of fused-ring (bicyclic) bond motifs is 2. The first-order valence-corrected chi connectivity index (χ1v) is 9.39. The molecule has 0 spiro atoms. The molecule has 1 atom stereocenters. The number of ether oxygens (including phenoxy) is 2. The quantitative estimate of drug-likeness (QED) is 0.829. The summed E-state index contributed by atoms with van der Waals surface area (Å²) in [5, 5.41) is 13.0. The molecule has 2 aromatic rings. The van der Waals surface area contributed by atoms with E-state index in [1.54, 1.807) is 6.08 Å². The summed E-state index contributed by atoms with van der Waals surface area (Å²) in [4.78, 5) is 13.5. The standard InChI is InChI=1S/C20H18N2O3S/c1-12-2-5-14-15(10-21)20(26-18(14)8-12)22-19(23)7-4-13-3-6-16-17(9-13)25-11-24-16/h3-4,6-7,9,12H,2,5,8,11H2,1H3,(H,22,23). The van der Waals surface area contributed by atoms with Gasteiger partial charge < -0.3 is 14.8 Å². The van der Waals surface area contributed by atoms with Crippen molar-refractivity contribution in [3.05, 3.63) is 45.8 Å². The zero-order valence-electron chi connectivity index (χ0n) is 14.4. The molecule has 6 heteroatoms. The van der Waals surface area contributed by atoms with Gasteiger partial charge in [0.15, 0.2) is 11.5 Å². The number of carbonyl (C=O) groups is 1. The highest BCUT2D eigenvalue weighted by molar-refractivity contribution is 7.16. The lowest BCUT2D eigenvalue weighted by atomic mass is 9.89. The van der Waals surface area contributed by atoms with Crippen LogP contribution in [0.1, 0.15) is 34.9 Å². The first-order chi connectivity index (χ1) is 12.6. The van der Waals surface area contributed by atoms with Crippen LogP contribution < -0.4 is 14.8 Å². The first-order valence-electron chi connectivity index (χ1n) is 8.57. The Bertz CT molecular complexity index is 939. The Labute approximate surface area is 155 Å². The summed E-state index contributed by atoms with van der Waals surface area (Å²) in [5.74, 6) is 1.77. The predicted octanol–water partition coefficient (Wildman–Crippen LogP) is 4.13. The largest absolute Gasteiger partial charge is 0.454 e. The van der Waals surface area contributed by atoms with E-state index in [0.29, 0.717) is 28.0 Å². The highest BCUT2D eigenvalue weighted by Gasteiger charge is 2.24. The molecule has 4 rings (SSSR count). The minimum absolute atomic E-state index is 0.224. The van der Waals surface area contributed by atoms with Gasteiger partial charge in [-0.1, -0.05) is 13.0 Å². The lowest BCUT2D eigenvalue weighted by molar-refractivity contribution is -0.111. The lowest BCUT2D eigenvalue weighted by Crippen LogP contribution is -2.10. The fraction of sp³-hybridized carbons (Fsp3) is 0.300. The first kappa shape index (κ1) is 16.7. The average molecular weight is 366 g/mol. The van der Waals surface area contributed by atoms with Crippen LogP contribution in [0.3, 0.4) is 0 Å². The maximum absolute atomic E-state index is 12.3. The maximum atomic E-state index is 12.3. The smallest absolute Gasteiger partial charge is 0.249 e. The van der Waals surface area contributed by atoms with Crippen molar-refractivity contribution >= 4 is 28.3 Å². The molecule has 0 fully saturated rings. The molecular weight excluding hydrogens is 348 g/mol. The van der Waals surface area contributed by atoms with Crippen LogP contribution in [0, 0.1) is 17.2 Å². The number of nitriles is 1. The predicted molar refractivity (Wildman–Crippen MR) is 100 cm³/mol. The molecule has 2 aliphatic rings. The van der Waals surface area contributed by atoms with Gasteiger partial charge in [-0.3, -0.25) is 4.79 Å². The van der Waals surface area contributed by atoms with Crippen molar-refractivity contribution in [3.8, 4) is 17.6 Å². The van der Waals surface area contributed by atoms with Crippen LogP contribution in [0.5, 0.6) is 11.5 Å². The molecule has 26 heavy (non-hydrogen) atoms. The molecular formula is C20H18N2O3S. The van der Waals surface area contributed by atoms with Crippen LogP contribution in [-0.4, -0.2) is 12.7 Å². The van der Waals surface area contributed by atoms with Gasteiger partial charge in [-0.2, -0.15) is 5.26 Å². The molecule has 1 aliphatic carbocycles. The highest BCUT2D eigenvalue weighted by Crippen LogP contribution is 2.39. The third-order valence-electron chi connectivity index (χ3n) is 4.68. The molecule has 132 valence electrons. The molecule has 1 aliphatic heterocycles. The second-order valence-corrected chi connectivity index (χ2v) is 7.71. The van der Waals surface area contributed by atoms with Crippen molar-refractivity contribution in [1.29, 1.82) is 5.26 Å². The van der Waals surface area contributed by atoms with Gasteiger partial charge in [0.1, 0.15) is 11.1 Å². The number of anilines is 1. The van der Waals surface area contributed by atoms with E-state index < -0.39 is 0 Å². The number of amides is 1. The minimum Gasteiger partial charge on any atom is -0.454 e. The van der Waals surface area contributed by atoms with Crippen molar-refractivity contribution in [2.24, 2.45) is 5.92 Å². The molecule has 1 amide bonds. The van der Waals surface area contributed by atoms with Gasteiger partial charge in [0.25, 0.3) is 0 Å². The normalized spacial score (nSPS) is 17.8. The molecule has 1 unspecified atom stereocenters. The fourth-order valence-corrected chi connectivity index (χ4v) is 4.66. The Balaban J connectivity index is 1.49. The number of hydrogen-bond donors (Lipinski definition) is 1.